The molecule has 1 fully saturated rings. The number of phenols is 1. The molecule has 0 bridgehead atoms. The molecule has 2 aromatic carbocycles. The van der Waals surface area contributed by atoms with E-state index >= 15 is 0 Å². The standard InChI is InChI=1S/C28H33N3O5/c1-18(2)5-6-20-15-22(7-9-24(20)32)27(33)29-23-16-21-8-10-25(19(3)26(21)36-28(23)34)35-17-31-13-11-30(4)12-14-31/h5,7-10,15-16,32H,6,11-14,17H2,1-4H3,(H,29,33). The lowest BCUT2D eigenvalue weighted by Gasteiger charge is -2.32. The predicted molar refractivity (Wildman–Crippen MR) is 141 cm³/mol. The summed E-state index contributed by atoms with van der Waals surface area (Å²) in [5.74, 6) is 0.327. The molecule has 1 aliphatic heterocycles. The Labute approximate surface area is 210 Å². The summed E-state index contributed by atoms with van der Waals surface area (Å²) in [7, 11) is 2.11. The largest absolute Gasteiger partial charge is 0.508 e. The van der Waals surface area contributed by atoms with Crippen LogP contribution in [0.1, 0.15) is 35.3 Å². The van der Waals surface area contributed by atoms with Crippen LogP contribution in [0.15, 0.2) is 57.3 Å². The van der Waals surface area contributed by atoms with Crippen molar-refractivity contribution in [2.24, 2.45) is 0 Å². The third kappa shape index (κ3) is 5.95. The first-order valence-corrected chi connectivity index (χ1v) is 12.1. The fourth-order valence-corrected chi connectivity index (χ4v) is 4.09. The number of hydrogen-bond acceptors (Lipinski definition) is 7. The minimum atomic E-state index is -0.640. The first-order chi connectivity index (χ1) is 17.2. The quantitative estimate of drug-likeness (QED) is 0.379. The number of fused-ring (bicyclic) bond motifs is 1. The molecule has 0 radical (unpaired) electrons. The molecule has 1 aliphatic rings. The number of aromatic hydroxyl groups is 1. The molecule has 1 amide bonds. The van der Waals surface area contributed by atoms with Gasteiger partial charge >= 0.3 is 5.63 Å². The Balaban J connectivity index is 1.50. The van der Waals surface area contributed by atoms with Crippen LogP contribution in [0.4, 0.5) is 5.69 Å². The molecule has 8 nitrogen and oxygen atoms in total. The molecule has 1 saturated heterocycles. The van der Waals surface area contributed by atoms with Crippen molar-refractivity contribution in [3.05, 3.63) is 75.2 Å². The summed E-state index contributed by atoms with van der Waals surface area (Å²) >= 11 is 0. The Hall–Kier alpha value is -3.62. The van der Waals surface area contributed by atoms with Crippen LogP contribution in [0.5, 0.6) is 11.5 Å². The number of likely N-dealkylation sites (N-methyl/N-ethyl adjacent to an activating group) is 1. The van der Waals surface area contributed by atoms with Crippen LogP contribution >= 0.6 is 0 Å². The highest BCUT2D eigenvalue weighted by Gasteiger charge is 2.17. The van der Waals surface area contributed by atoms with Crippen LogP contribution < -0.4 is 15.7 Å². The molecule has 1 aromatic heterocycles. The summed E-state index contributed by atoms with van der Waals surface area (Å²) in [6.07, 6.45) is 2.48. The van der Waals surface area contributed by atoms with Gasteiger partial charge in [-0.2, -0.15) is 0 Å². The van der Waals surface area contributed by atoms with E-state index in [2.05, 4.69) is 22.2 Å². The second kappa shape index (κ2) is 11.0. The molecule has 36 heavy (non-hydrogen) atoms. The molecule has 0 atom stereocenters. The van der Waals surface area contributed by atoms with Gasteiger partial charge in [0.05, 0.1) is 0 Å². The van der Waals surface area contributed by atoms with Gasteiger partial charge in [-0.1, -0.05) is 11.6 Å². The number of rotatable bonds is 7. The van der Waals surface area contributed by atoms with Crippen molar-refractivity contribution in [3.8, 4) is 11.5 Å². The zero-order chi connectivity index (χ0) is 25.8. The van der Waals surface area contributed by atoms with Gasteiger partial charge in [-0.3, -0.25) is 9.69 Å². The molecule has 8 heteroatoms. The van der Waals surface area contributed by atoms with Crippen LogP contribution in [-0.2, 0) is 6.42 Å². The lowest BCUT2D eigenvalue weighted by molar-refractivity contribution is 0.0759. The van der Waals surface area contributed by atoms with Crippen molar-refractivity contribution in [2.45, 2.75) is 27.2 Å². The first kappa shape index (κ1) is 25.5. The summed E-state index contributed by atoms with van der Waals surface area (Å²) in [6.45, 7) is 10.2. The molecule has 0 saturated carbocycles. The topological polar surface area (TPSA) is 95.3 Å². The van der Waals surface area contributed by atoms with Gasteiger partial charge in [0.25, 0.3) is 5.91 Å². The number of carbonyl (C=O) groups is 1. The van der Waals surface area contributed by atoms with Gasteiger partial charge in [0, 0.05) is 42.7 Å². The number of nitrogens with zero attached hydrogens (tertiary/aromatic N) is 2. The van der Waals surface area contributed by atoms with Crippen molar-refractivity contribution < 1.29 is 19.1 Å². The van der Waals surface area contributed by atoms with E-state index in [1.807, 2.05) is 39.0 Å². The fourth-order valence-electron chi connectivity index (χ4n) is 4.09. The molecule has 0 unspecified atom stereocenters. The van der Waals surface area contributed by atoms with Gasteiger partial charge in [-0.15, -0.1) is 0 Å². The maximum atomic E-state index is 12.9. The molecule has 2 N–H and O–H groups in total. The number of amides is 1. The van der Waals surface area contributed by atoms with Crippen LogP contribution in [0, 0.1) is 6.92 Å². The SMILES string of the molecule is CC(C)=CCc1cc(C(=O)Nc2cc3ccc(OCN4CCN(C)CC4)c(C)c3oc2=O)ccc1O. The molecule has 2 heterocycles. The maximum Gasteiger partial charge on any atom is 0.360 e. The van der Waals surface area contributed by atoms with Crippen molar-refractivity contribution in [3.63, 3.8) is 0 Å². The summed E-state index contributed by atoms with van der Waals surface area (Å²) in [5, 5.41) is 13.4. The van der Waals surface area contributed by atoms with Crippen LogP contribution in [0.3, 0.4) is 0 Å². The summed E-state index contributed by atoms with van der Waals surface area (Å²) < 4.78 is 11.6. The number of aryl methyl sites for hydroxylation is 1. The van der Waals surface area contributed by atoms with E-state index in [1.54, 1.807) is 12.1 Å². The third-order valence-electron chi connectivity index (χ3n) is 6.42. The molecule has 4 rings (SSSR count). The Morgan fingerprint density at radius 3 is 2.61 bits per heavy atom. The smallest absolute Gasteiger partial charge is 0.360 e. The van der Waals surface area contributed by atoms with Gasteiger partial charge in [0.15, 0.2) is 0 Å². The Bertz CT molecular complexity index is 1350. The Kier molecular flexibility index (Phi) is 7.76. The average molecular weight is 492 g/mol. The number of carbonyl (C=O) groups excluding carboxylic acids is 1. The van der Waals surface area contributed by atoms with Crippen molar-refractivity contribution >= 4 is 22.6 Å². The van der Waals surface area contributed by atoms with Crippen LogP contribution in [0.2, 0.25) is 0 Å². The Morgan fingerprint density at radius 1 is 1.14 bits per heavy atom. The highest BCUT2D eigenvalue weighted by atomic mass is 16.5. The lowest BCUT2D eigenvalue weighted by Crippen LogP contribution is -2.45. The molecule has 0 aliphatic carbocycles. The molecule has 3 aromatic rings. The van der Waals surface area contributed by atoms with E-state index < -0.39 is 11.5 Å². The van der Waals surface area contributed by atoms with E-state index in [9.17, 15) is 14.7 Å². The Morgan fingerprint density at radius 2 is 1.89 bits per heavy atom. The number of anilines is 1. The predicted octanol–water partition coefficient (Wildman–Crippen LogP) is 4.15. The maximum absolute atomic E-state index is 12.9. The van der Waals surface area contributed by atoms with Crippen molar-refractivity contribution in [1.82, 2.24) is 9.80 Å². The summed E-state index contributed by atoms with van der Waals surface area (Å²) in [5.41, 5.74) is 2.67. The van der Waals surface area contributed by atoms with Crippen LogP contribution in [0.25, 0.3) is 11.0 Å². The highest BCUT2D eigenvalue weighted by molar-refractivity contribution is 6.05. The van der Waals surface area contributed by atoms with E-state index in [4.69, 9.17) is 9.15 Å². The minimum Gasteiger partial charge on any atom is -0.508 e. The zero-order valence-electron chi connectivity index (χ0n) is 21.3. The number of phenolic OH excluding ortho intramolecular Hbond substituents is 1. The molecule has 190 valence electrons. The number of allylic oxidation sites excluding steroid dienone is 2. The minimum absolute atomic E-state index is 0.0527. The summed E-state index contributed by atoms with van der Waals surface area (Å²) in [4.78, 5) is 30.1. The van der Waals surface area contributed by atoms with Crippen molar-refractivity contribution in [1.29, 1.82) is 0 Å². The first-order valence-electron chi connectivity index (χ1n) is 12.1. The average Bonchev–Trinajstić information content (AvgIpc) is 2.85. The van der Waals surface area contributed by atoms with E-state index in [-0.39, 0.29) is 11.4 Å². The van der Waals surface area contributed by atoms with Gasteiger partial charge in [0.1, 0.15) is 29.5 Å². The second-order valence-electron chi connectivity index (χ2n) is 9.53. The van der Waals surface area contributed by atoms with Gasteiger partial charge in [-0.05, 0) is 76.2 Å². The van der Waals surface area contributed by atoms with Crippen LogP contribution in [-0.4, -0.2) is 60.8 Å². The normalized spacial score (nSPS) is 14.6. The highest BCUT2D eigenvalue weighted by Crippen LogP contribution is 2.28. The monoisotopic (exact) mass is 491 g/mol. The number of hydrogen-bond donors (Lipinski definition) is 2. The fraction of sp³-hybridized carbons (Fsp3) is 0.357. The zero-order valence-corrected chi connectivity index (χ0v) is 21.3. The number of nitrogens with one attached hydrogen (secondary N) is 1. The van der Waals surface area contributed by atoms with Crippen molar-refractivity contribution in [2.75, 3.05) is 45.3 Å². The van der Waals surface area contributed by atoms with Gasteiger partial charge < -0.3 is 24.5 Å². The lowest BCUT2D eigenvalue weighted by atomic mass is 10.0. The van der Waals surface area contributed by atoms with Gasteiger partial charge in [-0.25, -0.2) is 4.79 Å². The molecule has 0 spiro atoms. The van der Waals surface area contributed by atoms with E-state index in [1.165, 1.54) is 12.1 Å². The second-order valence-corrected chi connectivity index (χ2v) is 9.53. The molecular formula is C28H33N3O5. The third-order valence-corrected chi connectivity index (χ3v) is 6.42. The molecular weight excluding hydrogens is 458 g/mol. The number of benzene rings is 2. The number of piperazine rings is 1. The van der Waals surface area contributed by atoms with E-state index in [0.29, 0.717) is 41.0 Å². The van der Waals surface area contributed by atoms with Gasteiger partial charge in [0.2, 0.25) is 0 Å². The summed E-state index contributed by atoms with van der Waals surface area (Å²) in [6, 6.07) is 9.92. The van der Waals surface area contributed by atoms with E-state index in [0.717, 1.165) is 37.3 Å². The number of ether oxygens (including phenoxy) is 1.